The molecular formula is C23H27F3O2. The number of hydrogen-bond donors (Lipinski definition) is 0. The zero-order valence-corrected chi connectivity index (χ0v) is 16.4. The fraction of sp³-hybridized carbons (Fsp3) is 0.478. The Morgan fingerprint density at radius 2 is 1.79 bits per heavy atom. The number of hydrogen-bond acceptors (Lipinski definition) is 2. The van der Waals surface area contributed by atoms with Crippen molar-refractivity contribution in [3.8, 4) is 11.1 Å². The van der Waals surface area contributed by atoms with Crippen molar-refractivity contribution in [3.05, 3.63) is 58.9 Å². The van der Waals surface area contributed by atoms with E-state index in [2.05, 4.69) is 0 Å². The van der Waals surface area contributed by atoms with E-state index in [0.29, 0.717) is 25.2 Å². The minimum absolute atomic E-state index is 0.0434. The van der Waals surface area contributed by atoms with Crippen molar-refractivity contribution in [2.45, 2.75) is 58.2 Å². The quantitative estimate of drug-likeness (QED) is 0.545. The smallest absolute Gasteiger partial charge is 0.167 e. The molecule has 0 amide bonds. The van der Waals surface area contributed by atoms with Crippen LogP contribution in [0.15, 0.2) is 30.3 Å². The maximum Gasteiger partial charge on any atom is 0.167 e. The molecule has 2 nitrogen and oxygen atoms in total. The second-order valence-corrected chi connectivity index (χ2v) is 7.24. The Labute approximate surface area is 164 Å². The summed E-state index contributed by atoms with van der Waals surface area (Å²) in [7, 11) is 0. The van der Waals surface area contributed by atoms with Crippen LogP contribution in [-0.2, 0) is 15.9 Å². The van der Waals surface area contributed by atoms with Crippen LogP contribution in [0.3, 0.4) is 0 Å². The van der Waals surface area contributed by atoms with E-state index >= 15 is 0 Å². The van der Waals surface area contributed by atoms with E-state index in [1.165, 1.54) is 18.2 Å². The van der Waals surface area contributed by atoms with Gasteiger partial charge in [0.15, 0.2) is 17.9 Å². The normalized spacial score (nSPS) is 19.8. The predicted molar refractivity (Wildman–Crippen MR) is 104 cm³/mol. The molecule has 0 aromatic heterocycles. The van der Waals surface area contributed by atoms with Crippen LogP contribution in [0.2, 0.25) is 0 Å². The molecule has 28 heavy (non-hydrogen) atoms. The van der Waals surface area contributed by atoms with Gasteiger partial charge in [-0.2, -0.15) is 0 Å². The van der Waals surface area contributed by atoms with Crippen molar-refractivity contribution in [2.24, 2.45) is 0 Å². The summed E-state index contributed by atoms with van der Waals surface area (Å²) in [5.41, 5.74) is 1.17. The van der Waals surface area contributed by atoms with Gasteiger partial charge in [-0.05, 0) is 49.8 Å². The molecule has 152 valence electrons. The van der Waals surface area contributed by atoms with Crippen molar-refractivity contribution in [3.63, 3.8) is 0 Å². The minimum Gasteiger partial charge on any atom is -0.353 e. The minimum atomic E-state index is -0.985. The van der Waals surface area contributed by atoms with Crippen LogP contribution >= 0.6 is 0 Å². The van der Waals surface area contributed by atoms with Gasteiger partial charge in [-0.25, -0.2) is 13.2 Å². The summed E-state index contributed by atoms with van der Waals surface area (Å²) >= 11 is 0. The molecule has 2 atom stereocenters. The van der Waals surface area contributed by atoms with Crippen molar-refractivity contribution < 1.29 is 22.6 Å². The van der Waals surface area contributed by atoms with E-state index in [0.717, 1.165) is 31.2 Å². The second-order valence-electron chi connectivity index (χ2n) is 7.24. The summed E-state index contributed by atoms with van der Waals surface area (Å²) in [5.74, 6) is -2.35. The highest BCUT2D eigenvalue weighted by atomic mass is 19.2. The molecule has 2 aromatic rings. The van der Waals surface area contributed by atoms with Crippen molar-refractivity contribution in [1.29, 1.82) is 0 Å². The van der Waals surface area contributed by atoms with E-state index in [1.54, 1.807) is 12.1 Å². The van der Waals surface area contributed by atoms with Crippen LogP contribution < -0.4 is 0 Å². The van der Waals surface area contributed by atoms with E-state index in [-0.39, 0.29) is 23.3 Å². The SMILES string of the molecule is CCCCc1ccc(-c2ccc(C3CCC(OCC)OC3)cc2F)c(F)c1F. The van der Waals surface area contributed by atoms with E-state index in [9.17, 15) is 13.2 Å². The molecular weight excluding hydrogens is 365 g/mol. The molecule has 5 heteroatoms. The monoisotopic (exact) mass is 392 g/mol. The molecule has 0 bridgehead atoms. The largest absolute Gasteiger partial charge is 0.353 e. The predicted octanol–water partition coefficient (Wildman–Crippen LogP) is 6.37. The summed E-state index contributed by atoms with van der Waals surface area (Å²) in [6, 6.07) is 7.74. The molecule has 3 rings (SSSR count). The van der Waals surface area contributed by atoms with Gasteiger partial charge in [0.2, 0.25) is 0 Å². The van der Waals surface area contributed by atoms with Crippen LogP contribution in [0.25, 0.3) is 11.1 Å². The van der Waals surface area contributed by atoms with Gasteiger partial charge >= 0.3 is 0 Å². The molecule has 0 aliphatic carbocycles. The number of aryl methyl sites for hydroxylation is 1. The van der Waals surface area contributed by atoms with Crippen LogP contribution in [0, 0.1) is 17.5 Å². The van der Waals surface area contributed by atoms with E-state index in [4.69, 9.17) is 9.47 Å². The lowest BCUT2D eigenvalue weighted by Gasteiger charge is -2.29. The molecule has 1 fully saturated rings. The van der Waals surface area contributed by atoms with Gasteiger partial charge in [0.25, 0.3) is 0 Å². The first-order valence-electron chi connectivity index (χ1n) is 10.0. The summed E-state index contributed by atoms with van der Waals surface area (Å²) < 4.78 is 54.8. The van der Waals surface area contributed by atoms with Gasteiger partial charge < -0.3 is 9.47 Å². The molecule has 1 heterocycles. The number of halogens is 3. The van der Waals surface area contributed by atoms with Gasteiger partial charge in [0.05, 0.1) is 6.61 Å². The Kier molecular flexibility index (Phi) is 7.13. The average Bonchev–Trinajstić information content (AvgIpc) is 2.70. The number of ether oxygens (including phenoxy) is 2. The molecule has 0 radical (unpaired) electrons. The van der Waals surface area contributed by atoms with E-state index in [1.807, 2.05) is 13.8 Å². The maximum absolute atomic E-state index is 14.7. The Morgan fingerprint density at radius 3 is 2.43 bits per heavy atom. The Balaban J connectivity index is 1.79. The van der Waals surface area contributed by atoms with Gasteiger partial charge in [0.1, 0.15) is 5.82 Å². The van der Waals surface area contributed by atoms with Crippen LogP contribution in [0.1, 0.15) is 56.6 Å². The topological polar surface area (TPSA) is 18.5 Å². The third-order valence-corrected chi connectivity index (χ3v) is 5.30. The molecule has 1 aliphatic rings. The van der Waals surface area contributed by atoms with Crippen molar-refractivity contribution >= 4 is 0 Å². The molecule has 2 unspecified atom stereocenters. The zero-order valence-electron chi connectivity index (χ0n) is 16.4. The summed E-state index contributed by atoms with van der Waals surface area (Å²) in [4.78, 5) is 0. The maximum atomic E-state index is 14.7. The second kappa shape index (κ2) is 9.57. The Hall–Kier alpha value is -1.85. The van der Waals surface area contributed by atoms with Gasteiger partial charge in [-0.3, -0.25) is 0 Å². The first-order valence-corrected chi connectivity index (χ1v) is 10.0. The first kappa shape index (κ1) is 20.9. The number of rotatable bonds is 7. The van der Waals surface area contributed by atoms with E-state index < -0.39 is 17.5 Å². The zero-order chi connectivity index (χ0) is 20.1. The molecule has 0 N–H and O–H groups in total. The third kappa shape index (κ3) is 4.58. The van der Waals surface area contributed by atoms with Gasteiger partial charge in [-0.1, -0.05) is 37.6 Å². The third-order valence-electron chi connectivity index (χ3n) is 5.30. The number of benzene rings is 2. The molecule has 0 saturated carbocycles. The van der Waals surface area contributed by atoms with Gasteiger partial charge in [-0.15, -0.1) is 0 Å². The lowest BCUT2D eigenvalue weighted by atomic mass is 9.91. The van der Waals surface area contributed by atoms with Crippen molar-refractivity contribution in [2.75, 3.05) is 13.2 Å². The summed E-state index contributed by atoms with van der Waals surface area (Å²) in [5, 5.41) is 0. The van der Waals surface area contributed by atoms with Crippen molar-refractivity contribution in [1.82, 2.24) is 0 Å². The number of unbranched alkanes of at least 4 members (excludes halogenated alkanes) is 1. The highest BCUT2D eigenvalue weighted by molar-refractivity contribution is 5.66. The van der Waals surface area contributed by atoms with Gasteiger partial charge in [0, 0.05) is 23.7 Å². The lowest BCUT2D eigenvalue weighted by Crippen LogP contribution is -2.27. The standard InChI is InChI=1S/C23H27F3O2/c1-3-5-6-15-7-11-19(23(26)22(15)25)18-10-8-16(13-20(18)24)17-9-12-21(27-4-2)28-14-17/h7-8,10-11,13,17,21H,3-6,9,12,14H2,1-2H3. The Bertz CT molecular complexity index is 799. The van der Waals surface area contributed by atoms with Crippen LogP contribution in [0.4, 0.5) is 13.2 Å². The summed E-state index contributed by atoms with van der Waals surface area (Å²) in [6.45, 7) is 4.96. The molecule has 0 spiro atoms. The average molecular weight is 392 g/mol. The van der Waals surface area contributed by atoms with Crippen LogP contribution in [-0.4, -0.2) is 19.5 Å². The fourth-order valence-electron chi connectivity index (χ4n) is 3.67. The molecule has 1 saturated heterocycles. The first-order chi connectivity index (χ1) is 13.5. The highest BCUT2D eigenvalue weighted by Gasteiger charge is 2.24. The summed E-state index contributed by atoms with van der Waals surface area (Å²) in [6.07, 6.45) is 3.54. The molecule has 2 aromatic carbocycles. The molecule has 1 aliphatic heterocycles. The lowest BCUT2D eigenvalue weighted by molar-refractivity contribution is -0.164. The highest BCUT2D eigenvalue weighted by Crippen LogP contribution is 2.33. The fourth-order valence-corrected chi connectivity index (χ4v) is 3.67. The van der Waals surface area contributed by atoms with Crippen LogP contribution in [0.5, 0.6) is 0 Å². The Morgan fingerprint density at radius 1 is 1.00 bits per heavy atom.